The van der Waals surface area contributed by atoms with Crippen molar-refractivity contribution >= 4 is 23.4 Å². The van der Waals surface area contributed by atoms with Crippen LogP contribution in [0.2, 0.25) is 0 Å². The van der Waals surface area contributed by atoms with Crippen LogP contribution < -0.4 is 10.1 Å². The minimum Gasteiger partial charge on any atom is -0.457 e. The summed E-state index contributed by atoms with van der Waals surface area (Å²) in [6.07, 6.45) is 3.30. The molecule has 150 valence electrons. The number of ether oxygens (including phenoxy) is 1. The van der Waals surface area contributed by atoms with Crippen molar-refractivity contribution in [2.75, 3.05) is 11.1 Å². The Labute approximate surface area is 177 Å². The van der Waals surface area contributed by atoms with Crippen molar-refractivity contribution in [1.29, 1.82) is 0 Å². The predicted molar refractivity (Wildman–Crippen MR) is 115 cm³/mol. The molecule has 0 spiro atoms. The number of thioether (sulfide) groups is 1. The number of carbonyl (C=O) groups excluding carboxylic acids is 1. The van der Waals surface area contributed by atoms with Crippen molar-refractivity contribution in [2.24, 2.45) is 0 Å². The number of nitrogens with zero attached hydrogens (tertiary/aromatic N) is 3. The molecule has 0 saturated heterocycles. The lowest BCUT2D eigenvalue weighted by Gasteiger charge is -2.08. The topological polar surface area (TPSA) is 90.1 Å². The zero-order chi connectivity index (χ0) is 20.8. The van der Waals surface area contributed by atoms with Gasteiger partial charge in [0.15, 0.2) is 0 Å². The molecule has 1 N–H and O–H groups in total. The fraction of sp³-hybridized carbons (Fsp3) is 0.0909. The van der Waals surface area contributed by atoms with Crippen LogP contribution in [0.1, 0.15) is 5.56 Å². The van der Waals surface area contributed by atoms with E-state index >= 15 is 0 Å². The molecule has 0 bridgehead atoms. The van der Waals surface area contributed by atoms with Crippen LogP contribution in [0.15, 0.2) is 82.7 Å². The first-order chi connectivity index (χ1) is 14.7. The third kappa shape index (κ3) is 5.24. The minimum atomic E-state index is -0.170. The molecule has 0 unspecified atom stereocenters. The molecule has 4 rings (SSSR count). The van der Waals surface area contributed by atoms with Gasteiger partial charge in [-0.25, -0.2) is 0 Å². The lowest BCUT2D eigenvalue weighted by atomic mass is 10.2. The van der Waals surface area contributed by atoms with Crippen molar-refractivity contribution in [3.63, 3.8) is 0 Å². The van der Waals surface area contributed by atoms with E-state index in [4.69, 9.17) is 9.15 Å². The summed E-state index contributed by atoms with van der Waals surface area (Å²) in [4.78, 5) is 16.2. The Bertz CT molecular complexity index is 1110. The summed E-state index contributed by atoms with van der Waals surface area (Å²) in [5.74, 6) is 1.83. The Kier molecular flexibility index (Phi) is 6.05. The third-order valence-electron chi connectivity index (χ3n) is 4.06. The van der Waals surface area contributed by atoms with Gasteiger partial charge in [-0.15, -0.1) is 10.2 Å². The first-order valence-corrected chi connectivity index (χ1v) is 10.2. The molecule has 0 aliphatic heterocycles. The number of aryl methyl sites for hydroxylation is 1. The standard InChI is InChI=1S/C22H18N4O3S/c1-15-2-6-18(7-3-15)28-19-8-4-17(5-9-19)24-20(27)14-30-22-26-25-21(29-22)16-10-12-23-13-11-16/h2-13H,14H2,1H3,(H,24,27). The average Bonchev–Trinajstić information content (AvgIpc) is 3.25. The highest BCUT2D eigenvalue weighted by molar-refractivity contribution is 7.99. The predicted octanol–water partition coefficient (Wildman–Crippen LogP) is 4.96. The maximum Gasteiger partial charge on any atom is 0.277 e. The molecule has 1 amide bonds. The van der Waals surface area contributed by atoms with E-state index in [1.807, 2.05) is 43.3 Å². The molecule has 0 aliphatic rings. The van der Waals surface area contributed by atoms with Crippen molar-refractivity contribution in [2.45, 2.75) is 12.1 Å². The number of aromatic nitrogens is 3. The number of hydrogen-bond donors (Lipinski definition) is 1. The van der Waals surface area contributed by atoms with Gasteiger partial charge in [0.1, 0.15) is 11.5 Å². The summed E-state index contributed by atoms with van der Waals surface area (Å²) in [7, 11) is 0. The SMILES string of the molecule is Cc1ccc(Oc2ccc(NC(=O)CSc3nnc(-c4ccncc4)o3)cc2)cc1. The number of anilines is 1. The highest BCUT2D eigenvalue weighted by Crippen LogP contribution is 2.25. The van der Waals surface area contributed by atoms with Gasteiger partial charge in [0.25, 0.3) is 5.22 Å². The summed E-state index contributed by atoms with van der Waals surface area (Å²) in [5.41, 5.74) is 2.63. The van der Waals surface area contributed by atoms with E-state index in [0.717, 1.165) is 11.3 Å². The van der Waals surface area contributed by atoms with E-state index in [-0.39, 0.29) is 11.7 Å². The molecule has 8 heteroatoms. The van der Waals surface area contributed by atoms with Gasteiger partial charge >= 0.3 is 0 Å². The van der Waals surface area contributed by atoms with E-state index < -0.39 is 0 Å². The van der Waals surface area contributed by atoms with Crippen LogP contribution >= 0.6 is 11.8 Å². The number of benzene rings is 2. The summed E-state index contributed by atoms with van der Waals surface area (Å²) < 4.78 is 11.4. The highest BCUT2D eigenvalue weighted by Gasteiger charge is 2.11. The van der Waals surface area contributed by atoms with Crippen molar-refractivity contribution in [3.05, 3.63) is 78.6 Å². The van der Waals surface area contributed by atoms with Gasteiger partial charge in [-0.05, 0) is 55.5 Å². The van der Waals surface area contributed by atoms with E-state index in [2.05, 4.69) is 20.5 Å². The molecule has 2 aromatic carbocycles. The first-order valence-electron chi connectivity index (χ1n) is 9.17. The van der Waals surface area contributed by atoms with E-state index in [1.54, 1.807) is 36.7 Å². The zero-order valence-corrected chi connectivity index (χ0v) is 16.9. The molecule has 7 nitrogen and oxygen atoms in total. The Morgan fingerprint density at radius 2 is 1.63 bits per heavy atom. The monoisotopic (exact) mass is 418 g/mol. The maximum absolute atomic E-state index is 12.2. The molecule has 2 heterocycles. The second kappa shape index (κ2) is 9.23. The van der Waals surface area contributed by atoms with Crippen molar-refractivity contribution in [1.82, 2.24) is 15.2 Å². The smallest absolute Gasteiger partial charge is 0.277 e. The van der Waals surface area contributed by atoms with E-state index in [1.165, 1.54) is 17.3 Å². The number of pyridine rings is 1. The summed E-state index contributed by atoms with van der Waals surface area (Å²) in [6.45, 7) is 2.03. The molecule has 0 saturated carbocycles. The van der Waals surface area contributed by atoms with Crippen LogP contribution in [0.4, 0.5) is 5.69 Å². The van der Waals surface area contributed by atoms with Gasteiger partial charge in [-0.1, -0.05) is 29.5 Å². The van der Waals surface area contributed by atoms with E-state index in [0.29, 0.717) is 22.6 Å². The van der Waals surface area contributed by atoms with Gasteiger partial charge < -0.3 is 14.5 Å². The van der Waals surface area contributed by atoms with Gasteiger partial charge in [0.05, 0.1) is 5.75 Å². The Balaban J connectivity index is 1.28. The van der Waals surface area contributed by atoms with Gasteiger partial charge in [-0.3, -0.25) is 9.78 Å². The highest BCUT2D eigenvalue weighted by atomic mass is 32.2. The second-order valence-electron chi connectivity index (χ2n) is 6.39. The molecule has 0 radical (unpaired) electrons. The molecule has 0 aliphatic carbocycles. The maximum atomic E-state index is 12.2. The zero-order valence-electron chi connectivity index (χ0n) is 16.1. The lowest BCUT2D eigenvalue weighted by molar-refractivity contribution is -0.113. The van der Waals surface area contributed by atoms with Crippen LogP contribution in [-0.2, 0) is 4.79 Å². The lowest BCUT2D eigenvalue weighted by Crippen LogP contribution is -2.13. The van der Waals surface area contributed by atoms with Crippen molar-refractivity contribution in [3.8, 4) is 23.0 Å². The van der Waals surface area contributed by atoms with Gasteiger partial charge in [0, 0.05) is 23.6 Å². The van der Waals surface area contributed by atoms with Crippen LogP contribution in [0.25, 0.3) is 11.5 Å². The number of hydrogen-bond acceptors (Lipinski definition) is 7. The molecule has 2 aromatic heterocycles. The number of nitrogens with one attached hydrogen (secondary N) is 1. The number of rotatable bonds is 7. The third-order valence-corrected chi connectivity index (χ3v) is 4.87. The Morgan fingerprint density at radius 1 is 0.967 bits per heavy atom. The van der Waals surface area contributed by atoms with Crippen LogP contribution in [0.5, 0.6) is 11.5 Å². The van der Waals surface area contributed by atoms with Gasteiger partial charge in [0.2, 0.25) is 11.8 Å². The van der Waals surface area contributed by atoms with Crippen LogP contribution in [0.3, 0.4) is 0 Å². The summed E-state index contributed by atoms with van der Waals surface area (Å²) in [6, 6.07) is 18.6. The van der Waals surface area contributed by atoms with Crippen LogP contribution in [-0.4, -0.2) is 26.8 Å². The fourth-order valence-corrected chi connectivity index (χ4v) is 3.12. The molecule has 30 heavy (non-hydrogen) atoms. The van der Waals surface area contributed by atoms with E-state index in [9.17, 15) is 4.79 Å². The molecule has 0 atom stereocenters. The molecular formula is C22H18N4O3S. The Hall–Kier alpha value is -3.65. The fourth-order valence-electron chi connectivity index (χ4n) is 2.55. The number of carbonyl (C=O) groups is 1. The Morgan fingerprint density at radius 3 is 2.33 bits per heavy atom. The summed E-state index contributed by atoms with van der Waals surface area (Å²) in [5, 5.41) is 11.1. The average molecular weight is 418 g/mol. The minimum absolute atomic E-state index is 0.152. The normalized spacial score (nSPS) is 10.6. The molecule has 4 aromatic rings. The number of amides is 1. The molecule has 0 fully saturated rings. The quantitative estimate of drug-likeness (QED) is 0.424. The first kappa shape index (κ1) is 19.7. The van der Waals surface area contributed by atoms with Gasteiger partial charge in [-0.2, -0.15) is 0 Å². The summed E-state index contributed by atoms with van der Waals surface area (Å²) >= 11 is 1.18. The molecular weight excluding hydrogens is 400 g/mol. The second-order valence-corrected chi connectivity index (χ2v) is 7.31. The van der Waals surface area contributed by atoms with Crippen molar-refractivity contribution < 1.29 is 13.9 Å². The van der Waals surface area contributed by atoms with Crippen LogP contribution in [0, 0.1) is 6.92 Å². The largest absolute Gasteiger partial charge is 0.457 e.